The topological polar surface area (TPSA) is 54.4 Å². The molecule has 1 N–H and O–H groups in total. The van der Waals surface area contributed by atoms with E-state index in [0.29, 0.717) is 12.8 Å². The number of aryl methyl sites for hydroxylation is 1. The Morgan fingerprint density at radius 1 is 1.05 bits per heavy atom. The number of carbonyl (C=O) groups is 2. The fourth-order valence-electron chi connectivity index (χ4n) is 2.88. The van der Waals surface area contributed by atoms with E-state index in [1.54, 1.807) is 0 Å². The minimum atomic E-state index is -0.767. The average molecular weight is 280 g/mol. The summed E-state index contributed by atoms with van der Waals surface area (Å²) < 4.78 is 0. The van der Waals surface area contributed by atoms with Gasteiger partial charge in [-0.05, 0) is 35.1 Å². The number of carboxylic acids is 1. The zero-order valence-electron chi connectivity index (χ0n) is 11.6. The second kappa shape index (κ2) is 5.52. The van der Waals surface area contributed by atoms with E-state index in [-0.39, 0.29) is 12.2 Å². The van der Waals surface area contributed by atoms with Crippen molar-refractivity contribution in [1.82, 2.24) is 0 Å². The fraction of sp³-hybridized carbons (Fsp3) is 0.222. The number of carbonyl (C=O) groups excluding carboxylic acids is 1. The number of rotatable bonds is 4. The Morgan fingerprint density at radius 3 is 2.57 bits per heavy atom. The van der Waals surface area contributed by atoms with Gasteiger partial charge in [0.15, 0.2) is 5.78 Å². The van der Waals surface area contributed by atoms with E-state index in [2.05, 4.69) is 6.07 Å². The number of hydrogen-bond acceptors (Lipinski definition) is 2. The van der Waals surface area contributed by atoms with Gasteiger partial charge in [-0.15, -0.1) is 0 Å². The van der Waals surface area contributed by atoms with Gasteiger partial charge in [0, 0.05) is 18.4 Å². The van der Waals surface area contributed by atoms with Gasteiger partial charge < -0.3 is 5.11 Å². The van der Waals surface area contributed by atoms with Crippen molar-refractivity contribution in [2.45, 2.75) is 25.7 Å². The number of ketones is 1. The molecule has 3 rings (SSSR count). The van der Waals surface area contributed by atoms with E-state index in [9.17, 15) is 9.59 Å². The highest BCUT2D eigenvalue weighted by molar-refractivity contribution is 6.07. The number of Topliss-reactive ketones (excluding diaryl/α,β-unsaturated/α-hetero) is 1. The summed E-state index contributed by atoms with van der Waals surface area (Å²) in [5.74, 6) is -0.613. The standard InChI is InChI=1S/C18H16O3/c19-17-11-13-10-12(4-3-7-18(20)21)8-9-14(13)15-5-1-2-6-16(15)17/h1-2,5-6,8-10H,3-4,7,11H2,(H,20,21). The normalized spacial score (nSPS) is 12.7. The lowest BCUT2D eigenvalue weighted by atomic mass is 9.84. The Hall–Kier alpha value is -2.42. The summed E-state index contributed by atoms with van der Waals surface area (Å²) in [5.41, 5.74) is 5.06. The van der Waals surface area contributed by atoms with E-state index in [1.807, 2.05) is 36.4 Å². The van der Waals surface area contributed by atoms with Gasteiger partial charge in [-0.25, -0.2) is 0 Å². The first kappa shape index (κ1) is 13.6. The summed E-state index contributed by atoms with van der Waals surface area (Å²) in [4.78, 5) is 22.7. The molecule has 2 aromatic carbocycles. The molecule has 2 aromatic rings. The van der Waals surface area contributed by atoms with E-state index in [0.717, 1.165) is 34.2 Å². The first-order chi connectivity index (χ1) is 10.1. The molecule has 0 saturated carbocycles. The maximum absolute atomic E-state index is 12.2. The second-order valence-electron chi connectivity index (χ2n) is 5.38. The molecule has 0 amide bonds. The minimum absolute atomic E-state index is 0.154. The lowest BCUT2D eigenvalue weighted by Crippen LogP contribution is -2.12. The summed E-state index contributed by atoms with van der Waals surface area (Å²) in [6, 6.07) is 13.8. The van der Waals surface area contributed by atoms with Crippen LogP contribution in [0.5, 0.6) is 0 Å². The lowest BCUT2D eigenvalue weighted by Gasteiger charge is -2.19. The van der Waals surface area contributed by atoms with Crippen molar-refractivity contribution in [3.05, 3.63) is 59.2 Å². The van der Waals surface area contributed by atoms with Crippen LogP contribution in [0.15, 0.2) is 42.5 Å². The Bertz CT molecular complexity index is 716. The largest absolute Gasteiger partial charge is 0.481 e. The van der Waals surface area contributed by atoms with Crippen LogP contribution in [-0.4, -0.2) is 16.9 Å². The van der Waals surface area contributed by atoms with Crippen molar-refractivity contribution in [3.63, 3.8) is 0 Å². The molecule has 0 spiro atoms. The van der Waals surface area contributed by atoms with Gasteiger partial charge in [0.05, 0.1) is 0 Å². The quantitative estimate of drug-likeness (QED) is 0.932. The van der Waals surface area contributed by atoms with Crippen molar-refractivity contribution in [2.24, 2.45) is 0 Å². The van der Waals surface area contributed by atoms with Gasteiger partial charge in [0.2, 0.25) is 0 Å². The van der Waals surface area contributed by atoms with E-state index in [1.165, 1.54) is 0 Å². The van der Waals surface area contributed by atoms with Crippen molar-refractivity contribution < 1.29 is 14.7 Å². The highest BCUT2D eigenvalue weighted by atomic mass is 16.4. The van der Waals surface area contributed by atoms with E-state index in [4.69, 9.17) is 5.11 Å². The van der Waals surface area contributed by atoms with Crippen LogP contribution in [-0.2, 0) is 17.6 Å². The third kappa shape index (κ3) is 2.72. The van der Waals surface area contributed by atoms with Gasteiger partial charge in [-0.2, -0.15) is 0 Å². The monoisotopic (exact) mass is 280 g/mol. The average Bonchev–Trinajstić information content (AvgIpc) is 2.47. The molecule has 21 heavy (non-hydrogen) atoms. The van der Waals surface area contributed by atoms with Gasteiger partial charge in [-0.3, -0.25) is 9.59 Å². The first-order valence-electron chi connectivity index (χ1n) is 7.11. The van der Waals surface area contributed by atoms with Crippen LogP contribution < -0.4 is 0 Å². The third-order valence-electron chi connectivity index (χ3n) is 3.89. The third-order valence-corrected chi connectivity index (χ3v) is 3.89. The lowest BCUT2D eigenvalue weighted by molar-refractivity contribution is -0.137. The molecule has 1 aliphatic carbocycles. The van der Waals surface area contributed by atoms with E-state index >= 15 is 0 Å². The van der Waals surface area contributed by atoms with Gasteiger partial charge in [0.25, 0.3) is 0 Å². The minimum Gasteiger partial charge on any atom is -0.481 e. The summed E-state index contributed by atoms with van der Waals surface area (Å²) >= 11 is 0. The Labute approximate surface area is 123 Å². The SMILES string of the molecule is O=C(O)CCCc1ccc2c(c1)CC(=O)c1ccccc1-2. The first-order valence-corrected chi connectivity index (χ1v) is 7.11. The van der Waals surface area contributed by atoms with Crippen molar-refractivity contribution in [3.8, 4) is 11.1 Å². The molecule has 3 nitrogen and oxygen atoms in total. The molecule has 0 aliphatic heterocycles. The van der Waals surface area contributed by atoms with Crippen molar-refractivity contribution in [1.29, 1.82) is 0 Å². The molecule has 0 saturated heterocycles. The van der Waals surface area contributed by atoms with Crippen molar-refractivity contribution >= 4 is 11.8 Å². The van der Waals surface area contributed by atoms with Gasteiger partial charge >= 0.3 is 5.97 Å². The highest BCUT2D eigenvalue weighted by Gasteiger charge is 2.21. The predicted octanol–water partition coefficient (Wildman–Crippen LogP) is 3.50. The molecule has 0 unspecified atom stereocenters. The predicted molar refractivity (Wildman–Crippen MR) is 80.5 cm³/mol. The Kier molecular flexibility index (Phi) is 3.57. The van der Waals surface area contributed by atoms with Crippen LogP contribution in [0.25, 0.3) is 11.1 Å². The number of hydrogen-bond donors (Lipinski definition) is 1. The van der Waals surface area contributed by atoms with Crippen LogP contribution in [0.1, 0.15) is 34.3 Å². The smallest absolute Gasteiger partial charge is 0.303 e. The second-order valence-corrected chi connectivity index (χ2v) is 5.38. The summed E-state index contributed by atoms with van der Waals surface area (Å²) in [6.07, 6.45) is 1.96. The van der Waals surface area contributed by atoms with E-state index < -0.39 is 5.97 Å². The molecule has 0 fully saturated rings. The maximum Gasteiger partial charge on any atom is 0.303 e. The molecule has 1 aliphatic rings. The fourth-order valence-corrected chi connectivity index (χ4v) is 2.88. The molecule has 0 radical (unpaired) electrons. The summed E-state index contributed by atoms with van der Waals surface area (Å²) in [7, 11) is 0. The summed E-state index contributed by atoms with van der Waals surface area (Å²) in [5, 5.41) is 8.68. The molecule has 0 aromatic heterocycles. The maximum atomic E-state index is 12.2. The molecular formula is C18H16O3. The summed E-state index contributed by atoms with van der Waals surface area (Å²) in [6.45, 7) is 0. The highest BCUT2D eigenvalue weighted by Crippen LogP contribution is 2.33. The Balaban J connectivity index is 1.89. The number of aliphatic carboxylic acids is 1. The van der Waals surface area contributed by atoms with Crippen LogP contribution in [0.3, 0.4) is 0 Å². The number of fused-ring (bicyclic) bond motifs is 3. The molecule has 0 heterocycles. The van der Waals surface area contributed by atoms with Gasteiger partial charge in [0.1, 0.15) is 0 Å². The Morgan fingerprint density at radius 2 is 1.81 bits per heavy atom. The molecule has 3 heteroatoms. The van der Waals surface area contributed by atoms with Crippen LogP contribution in [0.4, 0.5) is 0 Å². The zero-order valence-corrected chi connectivity index (χ0v) is 11.6. The zero-order chi connectivity index (χ0) is 14.8. The van der Waals surface area contributed by atoms with Crippen molar-refractivity contribution in [2.75, 3.05) is 0 Å². The number of carboxylic acid groups (broad SMARTS) is 1. The molecule has 0 atom stereocenters. The number of benzene rings is 2. The van der Waals surface area contributed by atoms with Crippen LogP contribution >= 0.6 is 0 Å². The molecule has 106 valence electrons. The van der Waals surface area contributed by atoms with Crippen LogP contribution in [0.2, 0.25) is 0 Å². The van der Waals surface area contributed by atoms with Gasteiger partial charge in [-0.1, -0.05) is 42.5 Å². The molecular weight excluding hydrogens is 264 g/mol. The molecule has 0 bridgehead atoms. The van der Waals surface area contributed by atoms with Crippen LogP contribution in [0, 0.1) is 0 Å².